The summed E-state index contributed by atoms with van der Waals surface area (Å²) in [7, 11) is -7.13. The van der Waals surface area contributed by atoms with Crippen LogP contribution in [-0.4, -0.2) is 27.6 Å². The van der Waals surface area contributed by atoms with E-state index in [2.05, 4.69) is 9.71 Å². The van der Waals surface area contributed by atoms with Gasteiger partial charge in [0.2, 0.25) is 14.2 Å². The molecule has 0 bridgehead atoms. The highest BCUT2D eigenvalue weighted by molar-refractivity contribution is 7.93. The molecule has 3 rings (SSSR count). The number of nitrogens with zero attached hydrogens (tertiary/aromatic N) is 1. The molecule has 0 aliphatic carbocycles. The van der Waals surface area contributed by atoms with Crippen molar-refractivity contribution in [3.63, 3.8) is 0 Å². The van der Waals surface area contributed by atoms with Crippen LogP contribution < -0.4 is 4.72 Å². The summed E-state index contributed by atoms with van der Waals surface area (Å²) < 4.78 is 52.7. The van der Waals surface area contributed by atoms with Crippen molar-refractivity contribution in [2.24, 2.45) is 0 Å². The first-order chi connectivity index (χ1) is 12.2. The van der Waals surface area contributed by atoms with E-state index in [0.717, 1.165) is 11.3 Å². The number of hydrogen-bond donors (Lipinski definition) is 1. The summed E-state index contributed by atoms with van der Waals surface area (Å²) in [5.74, 6) is 0.0413. The molecule has 0 radical (unpaired) electrons. The lowest BCUT2D eigenvalue weighted by atomic mass is 10.2. The number of aromatic nitrogens is 1. The molecule has 0 saturated heterocycles. The zero-order valence-corrected chi connectivity index (χ0v) is 16.7. The van der Waals surface area contributed by atoms with Crippen LogP contribution in [-0.2, 0) is 19.9 Å². The molecule has 0 aliphatic heterocycles. The Bertz CT molecular complexity index is 1170. The average Bonchev–Trinajstić information content (AvgIpc) is 2.99. The van der Waals surface area contributed by atoms with Crippen molar-refractivity contribution in [2.45, 2.75) is 29.5 Å². The van der Waals surface area contributed by atoms with E-state index in [0.29, 0.717) is 27.9 Å². The fraction of sp³-hybridized carbons (Fsp3) is 0.235. The number of anilines is 1. The number of hydrogen-bond acceptors (Lipinski definition) is 6. The second kappa shape index (κ2) is 6.98. The molecule has 0 saturated carbocycles. The van der Waals surface area contributed by atoms with Crippen molar-refractivity contribution >= 4 is 47.1 Å². The van der Waals surface area contributed by atoms with E-state index in [9.17, 15) is 16.8 Å². The van der Waals surface area contributed by atoms with Gasteiger partial charge in [-0.2, -0.15) is 0 Å². The summed E-state index contributed by atoms with van der Waals surface area (Å²) in [6, 6.07) is 11.5. The van der Waals surface area contributed by atoms with Crippen LogP contribution in [0.25, 0.3) is 10.2 Å². The van der Waals surface area contributed by atoms with Crippen LogP contribution in [0, 0.1) is 6.92 Å². The highest BCUT2D eigenvalue weighted by Crippen LogP contribution is 2.29. The maximum absolute atomic E-state index is 12.6. The number of benzene rings is 2. The van der Waals surface area contributed by atoms with E-state index in [1.807, 2.05) is 0 Å². The molecular formula is C17H18N2O4S3. The zero-order valence-electron chi connectivity index (χ0n) is 14.3. The normalized spacial score (nSPS) is 12.4. The Labute approximate surface area is 156 Å². The summed E-state index contributed by atoms with van der Waals surface area (Å²) in [4.78, 5) is 4.37. The number of thiazole rings is 1. The zero-order chi connectivity index (χ0) is 18.9. The standard InChI is InChI=1S/C17H18N2O4S3/c1-3-10-25(20,21)17-18-14-9-8-13(11-15(14)24-17)19-26(22,23)16-7-5-4-6-12(16)2/h4-9,11,19H,3,10H2,1-2H3. The molecule has 1 N–H and O–H groups in total. The predicted octanol–water partition coefficient (Wildman–Crippen LogP) is 3.59. The Morgan fingerprint density at radius 1 is 1.08 bits per heavy atom. The maximum atomic E-state index is 12.6. The number of sulfonamides is 1. The third kappa shape index (κ3) is 3.74. The van der Waals surface area contributed by atoms with Crippen molar-refractivity contribution < 1.29 is 16.8 Å². The molecule has 3 aromatic rings. The van der Waals surface area contributed by atoms with Crippen molar-refractivity contribution in [3.05, 3.63) is 48.0 Å². The number of nitrogens with one attached hydrogen (secondary N) is 1. The first kappa shape index (κ1) is 18.8. The van der Waals surface area contributed by atoms with Gasteiger partial charge in [0.1, 0.15) is 0 Å². The minimum atomic E-state index is -3.73. The molecule has 0 fully saturated rings. The highest BCUT2D eigenvalue weighted by Gasteiger charge is 2.20. The quantitative estimate of drug-likeness (QED) is 0.670. The van der Waals surface area contributed by atoms with E-state index >= 15 is 0 Å². The lowest BCUT2D eigenvalue weighted by molar-refractivity contribution is 0.594. The molecule has 0 spiro atoms. The van der Waals surface area contributed by atoms with E-state index in [-0.39, 0.29) is 15.0 Å². The summed E-state index contributed by atoms with van der Waals surface area (Å²) in [5.41, 5.74) is 1.54. The van der Waals surface area contributed by atoms with Crippen molar-refractivity contribution in [3.8, 4) is 0 Å². The van der Waals surface area contributed by atoms with Gasteiger partial charge >= 0.3 is 0 Å². The van der Waals surface area contributed by atoms with Crippen LogP contribution in [0.2, 0.25) is 0 Å². The van der Waals surface area contributed by atoms with Gasteiger partial charge in [0.25, 0.3) is 10.0 Å². The molecule has 2 aromatic carbocycles. The number of rotatable bonds is 6. The van der Waals surface area contributed by atoms with Gasteiger partial charge in [-0.25, -0.2) is 21.8 Å². The van der Waals surface area contributed by atoms with Crippen molar-refractivity contribution in [1.82, 2.24) is 4.98 Å². The number of fused-ring (bicyclic) bond motifs is 1. The molecule has 6 nitrogen and oxygen atoms in total. The smallest absolute Gasteiger partial charge is 0.262 e. The van der Waals surface area contributed by atoms with E-state index in [4.69, 9.17) is 0 Å². The summed E-state index contributed by atoms with van der Waals surface area (Å²) in [5, 5.41) is 0. The van der Waals surface area contributed by atoms with E-state index in [1.165, 1.54) is 0 Å². The van der Waals surface area contributed by atoms with Gasteiger partial charge < -0.3 is 0 Å². The van der Waals surface area contributed by atoms with Crippen molar-refractivity contribution in [1.29, 1.82) is 0 Å². The Hall–Kier alpha value is -1.97. The average molecular weight is 411 g/mol. The highest BCUT2D eigenvalue weighted by atomic mass is 32.2. The van der Waals surface area contributed by atoms with Crippen LogP contribution in [0.5, 0.6) is 0 Å². The summed E-state index contributed by atoms with van der Waals surface area (Å²) in [6.07, 6.45) is 0.514. The minimum absolute atomic E-state index is 0.0413. The van der Waals surface area contributed by atoms with Crippen molar-refractivity contribution in [2.75, 3.05) is 10.5 Å². The lowest BCUT2D eigenvalue weighted by Crippen LogP contribution is -2.14. The molecule has 1 aromatic heterocycles. The van der Waals surface area contributed by atoms with Crippen LogP contribution in [0.4, 0.5) is 5.69 Å². The summed E-state index contributed by atoms with van der Waals surface area (Å²) >= 11 is 1.05. The molecule has 0 atom stereocenters. The third-order valence-electron chi connectivity index (χ3n) is 3.74. The van der Waals surface area contributed by atoms with Gasteiger partial charge in [0.15, 0.2) is 0 Å². The lowest BCUT2D eigenvalue weighted by Gasteiger charge is -2.10. The van der Waals surface area contributed by atoms with Crippen LogP contribution in [0.3, 0.4) is 0 Å². The van der Waals surface area contributed by atoms with Gasteiger partial charge in [0.05, 0.1) is 26.6 Å². The Morgan fingerprint density at radius 2 is 1.81 bits per heavy atom. The molecular weight excluding hydrogens is 392 g/mol. The van der Waals surface area contributed by atoms with E-state index in [1.54, 1.807) is 56.3 Å². The van der Waals surface area contributed by atoms with E-state index < -0.39 is 19.9 Å². The second-order valence-corrected chi connectivity index (χ2v) is 10.8. The molecule has 0 amide bonds. The van der Waals surface area contributed by atoms with Crippen LogP contribution in [0.15, 0.2) is 51.7 Å². The number of aryl methyl sites for hydroxylation is 1. The molecule has 0 aliphatic rings. The molecule has 0 unspecified atom stereocenters. The third-order valence-corrected chi connectivity index (χ3v) is 8.68. The fourth-order valence-electron chi connectivity index (χ4n) is 2.52. The molecule has 1 heterocycles. The minimum Gasteiger partial charge on any atom is -0.280 e. The van der Waals surface area contributed by atoms with Gasteiger partial charge in [-0.05, 0) is 43.2 Å². The first-order valence-corrected chi connectivity index (χ1v) is 11.9. The fourth-order valence-corrected chi connectivity index (χ4v) is 6.53. The second-order valence-electron chi connectivity index (χ2n) is 5.85. The topological polar surface area (TPSA) is 93.2 Å². The SMILES string of the molecule is CCCS(=O)(=O)c1nc2ccc(NS(=O)(=O)c3ccccc3C)cc2s1. The number of sulfone groups is 1. The Morgan fingerprint density at radius 3 is 2.50 bits per heavy atom. The monoisotopic (exact) mass is 410 g/mol. The molecule has 9 heteroatoms. The predicted molar refractivity (Wildman–Crippen MR) is 104 cm³/mol. The van der Waals surface area contributed by atoms with Gasteiger partial charge in [-0.1, -0.05) is 25.1 Å². The molecule has 138 valence electrons. The Balaban J connectivity index is 1.96. The van der Waals surface area contributed by atoms with Crippen LogP contribution >= 0.6 is 11.3 Å². The summed E-state index contributed by atoms with van der Waals surface area (Å²) in [6.45, 7) is 3.52. The largest absolute Gasteiger partial charge is 0.280 e. The first-order valence-electron chi connectivity index (χ1n) is 7.95. The van der Waals surface area contributed by atoms with Gasteiger partial charge in [-0.15, -0.1) is 11.3 Å². The van der Waals surface area contributed by atoms with Gasteiger partial charge in [0, 0.05) is 0 Å². The molecule has 26 heavy (non-hydrogen) atoms. The van der Waals surface area contributed by atoms with Gasteiger partial charge in [-0.3, -0.25) is 4.72 Å². The maximum Gasteiger partial charge on any atom is 0.262 e. The Kier molecular flexibility index (Phi) is 5.05. The van der Waals surface area contributed by atoms with Crippen LogP contribution in [0.1, 0.15) is 18.9 Å².